The summed E-state index contributed by atoms with van der Waals surface area (Å²) in [5, 5.41) is 2.96. The first-order valence-corrected chi connectivity index (χ1v) is 4.61. The van der Waals surface area contributed by atoms with Gasteiger partial charge in [0, 0.05) is 13.2 Å². The van der Waals surface area contributed by atoms with E-state index < -0.39 is 0 Å². The van der Waals surface area contributed by atoms with E-state index in [1.807, 2.05) is 0 Å². The molecule has 1 saturated carbocycles. The van der Waals surface area contributed by atoms with Gasteiger partial charge in [-0.3, -0.25) is 4.79 Å². The van der Waals surface area contributed by atoms with Crippen molar-refractivity contribution in [1.82, 2.24) is 5.32 Å². The van der Waals surface area contributed by atoms with E-state index in [9.17, 15) is 4.79 Å². The molecule has 1 aliphatic carbocycles. The lowest BCUT2D eigenvalue weighted by molar-refractivity contribution is -0.125. The lowest BCUT2D eigenvalue weighted by Gasteiger charge is -2.22. The molecule has 0 aliphatic heterocycles. The van der Waals surface area contributed by atoms with Crippen LogP contribution in [0.15, 0.2) is 0 Å². The van der Waals surface area contributed by atoms with Gasteiger partial charge in [-0.15, -0.1) is 0 Å². The second-order valence-electron chi connectivity index (χ2n) is 3.34. The fourth-order valence-corrected chi connectivity index (χ4v) is 1.65. The van der Waals surface area contributed by atoms with Gasteiger partial charge in [-0.05, 0) is 12.8 Å². The predicted octanol–water partition coefficient (Wildman–Crippen LogP) is 1.08. The Balaban J connectivity index is 2.15. The number of hydrogen-bond acceptors (Lipinski definition) is 2. The second-order valence-corrected chi connectivity index (χ2v) is 3.34. The SMILES string of the molecule is COCC(=O)NC1CCCCC1. The van der Waals surface area contributed by atoms with E-state index in [4.69, 9.17) is 4.74 Å². The Morgan fingerprint density at radius 2 is 2.08 bits per heavy atom. The van der Waals surface area contributed by atoms with Crippen LogP contribution in [0.1, 0.15) is 32.1 Å². The predicted molar refractivity (Wildman–Crippen MR) is 46.9 cm³/mol. The van der Waals surface area contributed by atoms with Gasteiger partial charge in [0.1, 0.15) is 6.61 Å². The van der Waals surface area contributed by atoms with Crippen LogP contribution in [0.3, 0.4) is 0 Å². The topological polar surface area (TPSA) is 38.3 Å². The van der Waals surface area contributed by atoms with E-state index in [1.165, 1.54) is 19.3 Å². The van der Waals surface area contributed by atoms with Crippen molar-refractivity contribution in [1.29, 1.82) is 0 Å². The highest BCUT2D eigenvalue weighted by atomic mass is 16.5. The molecule has 70 valence electrons. The van der Waals surface area contributed by atoms with Crippen LogP contribution >= 0.6 is 0 Å². The zero-order chi connectivity index (χ0) is 8.81. The van der Waals surface area contributed by atoms with Crippen LogP contribution in [0.2, 0.25) is 0 Å². The lowest BCUT2D eigenvalue weighted by atomic mass is 9.95. The van der Waals surface area contributed by atoms with Gasteiger partial charge in [0.25, 0.3) is 0 Å². The molecule has 3 nitrogen and oxygen atoms in total. The van der Waals surface area contributed by atoms with E-state index in [0.717, 1.165) is 12.8 Å². The summed E-state index contributed by atoms with van der Waals surface area (Å²) in [7, 11) is 1.54. The van der Waals surface area contributed by atoms with Gasteiger partial charge in [-0.25, -0.2) is 0 Å². The van der Waals surface area contributed by atoms with Crippen LogP contribution < -0.4 is 5.32 Å². The number of ether oxygens (including phenoxy) is 1. The molecule has 3 heteroatoms. The monoisotopic (exact) mass is 171 g/mol. The quantitative estimate of drug-likeness (QED) is 0.690. The number of nitrogens with one attached hydrogen (secondary N) is 1. The summed E-state index contributed by atoms with van der Waals surface area (Å²) in [5.74, 6) is 0.0180. The molecule has 1 amide bonds. The number of methoxy groups -OCH3 is 1. The Labute approximate surface area is 73.5 Å². The fourth-order valence-electron chi connectivity index (χ4n) is 1.65. The summed E-state index contributed by atoms with van der Waals surface area (Å²) < 4.78 is 4.73. The zero-order valence-corrected chi connectivity index (χ0v) is 7.64. The van der Waals surface area contributed by atoms with Crippen molar-refractivity contribution in [3.63, 3.8) is 0 Å². The maximum absolute atomic E-state index is 11.1. The molecule has 0 heterocycles. The summed E-state index contributed by atoms with van der Waals surface area (Å²) in [4.78, 5) is 11.1. The smallest absolute Gasteiger partial charge is 0.246 e. The maximum Gasteiger partial charge on any atom is 0.246 e. The van der Waals surface area contributed by atoms with Crippen LogP contribution in [0, 0.1) is 0 Å². The van der Waals surface area contributed by atoms with Crippen molar-refractivity contribution in [3.05, 3.63) is 0 Å². The second kappa shape index (κ2) is 5.14. The van der Waals surface area contributed by atoms with E-state index in [2.05, 4.69) is 5.32 Å². The third kappa shape index (κ3) is 3.22. The largest absolute Gasteiger partial charge is 0.375 e. The molecule has 1 aliphatic rings. The fraction of sp³-hybridized carbons (Fsp3) is 0.889. The molecule has 12 heavy (non-hydrogen) atoms. The lowest BCUT2D eigenvalue weighted by Crippen LogP contribution is -2.38. The van der Waals surface area contributed by atoms with E-state index in [-0.39, 0.29) is 12.5 Å². The molecular weight excluding hydrogens is 154 g/mol. The molecular formula is C9H17NO2. The minimum absolute atomic E-state index is 0.0180. The van der Waals surface area contributed by atoms with Crippen molar-refractivity contribution < 1.29 is 9.53 Å². The molecule has 0 radical (unpaired) electrons. The van der Waals surface area contributed by atoms with E-state index in [1.54, 1.807) is 7.11 Å². The first kappa shape index (κ1) is 9.52. The Hall–Kier alpha value is -0.570. The van der Waals surface area contributed by atoms with Gasteiger partial charge in [0.2, 0.25) is 5.91 Å². The molecule has 0 saturated heterocycles. The van der Waals surface area contributed by atoms with Gasteiger partial charge in [0.15, 0.2) is 0 Å². The van der Waals surface area contributed by atoms with Crippen LogP contribution in [-0.4, -0.2) is 25.7 Å². The highest BCUT2D eigenvalue weighted by Gasteiger charge is 2.14. The van der Waals surface area contributed by atoms with Crippen LogP contribution in [0.25, 0.3) is 0 Å². The molecule has 0 spiro atoms. The maximum atomic E-state index is 11.1. The molecule has 1 fully saturated rings. The van der Waals surface area contributed by atoms with Crippen molar-refractivity contribution >= 4 is 5.91 Å². The number of hydrogen-bond donors (Lipinski definition) is 1. The zero-order valence-electron chi connectivity index (χ0n) is 7.64. The van der Waals surface area contributed by atoms with Crippen molar-refractivity contribution in [3.8, 4) is 0 Å². The minimum Gasteiger partial charge on any atom is -0.375 e. The van der Waals surface area contributed by atoms with E-state index in [0.29, 0.717) is 6.04 Å². The van der Waals surface area contributed by atoms with Crippen LogP contribution in [0.5, 0.6) is 0 Å². The van der Waals surface area contributed by atoms with Crippen molar-refractivity contribution in [2.45, 2.75) is 38.1 Å². The normalized spacial score (nSPS) is 19.1. The summed E-state index contributed by atoms with van der Waals surface area (Å²) in [6.45, 7) is 0.191. The Bertz CT molecular complexity index is 141. The average molecular weight is 171 g/mol. The van der Waals surface area contributed by atoms with Gasteiger partial charge in [0.05, 0.1) is 0 Å². The van der Waals surface area contributed by atoms with Crippen molar-refractivity contribution in [2.75, 3.05) is 13.7 Å². The summed E-state index contributed by atoms with van der Waals surface area (Å²) in [5.41, 5.74) is 0. The molecule has 0 aromatic carbocycles. The standard InChI is InChI=1S/C9H17NO2/c1-12-7-9(11)10-8-5-3-2-4-6-8/h8H,2-7H2,1H3,(H,10,11). The first-order valence-electron chi connectivity index (χ1n) is 4.61. The number of carbonyl (C=O) groups is 1. The Morgan fingerprint density at radius 1 is 1.42 bits per heavy atom. The van der Waals surface area contributed by atoms with Gasteiger partial charge in [-0.1, -0.05) is 19.3 Å². The third-order valence-corrected chi connectivity index (χ3v) is 2.25. The molecule has 1 rings (SSSR count). The third-order valence-electron chi connectivity index (χ3n) is 2.25. The Kier molecular flexibility index (Phi) is 4.08. The molecule has 0 unspecified atom stereocenters. The Morgan fingerprint density at radius 3 is 2.67 bits per heavy atom. The van der Waals surface area contributed by atoms with Crippen molar-refractivity contribution in [2.24, 2.45) is 0 Å². The first-order chi connectivity index (χ1) is 5.83. The molecule has 0 atom stereocenters. The summed E-state index contributed by atoms with van der Waals surface area (Å²) in [6, 6.07) is 0.404. The summed E-state index contributed by atoms with van der Waals surface area (Å²) in [6.07, 6.45) is 6.08. The average Bonchev–Trinajstić information content (AvgIpc) is 2.06. The number of rotatable bonds is 3. The summed E-state index contributed by atoms with van der Waals surface area (Å²) >= 11 is 0. The minimum atomic E-state index is 0.0180. The molecule has 0 aromatic heterocycles. The van der Waals surface area contributed by atoms with Gasteiger partial charge < -0.3 is 10.1 Å². The number of carbonyl (C=O) groups excluding carboxylic acids is 1. The van der Waals surface area contributed by atoms with Gasteiger partial charge >= 0.3 is 0 Å². The highest BCUT2D eigenvalue weighted by molar-refractivity contribution is 5.77. The molecule has 0 bridgehead atoms. The molecule has 1 N–H and O–H groups in total. The van der Waals surface area contributed by atoms with Crippen LogP contribution in [0.4, 0.5) is 0 Å². The highest BCUT2D eigenvalue weighted by Crippen LogP contribution is 2.16. The number of amides is 1. The molecule has 0 aromatic rings. The van der Waals surface area contributed by atoms with Crippen LogP contribution in [-0.2, 0) is 9.53 Å². The van der Waals surface area contributed by atoms with Gasteiger partial charge in [-0.2, -0.15) is 0 Å². The van der Waals surface area contributed by atoms with E-state index >= 15 is 0 Å².